The van der Waals surface area contributed by atoms with Crippen molar-refractivity contribution < 1.29 is 18.0 Å². The molecular weight excluding hydrogens is 343 g/mol. The van der Waals surface area contributed by atoms with Crippen molar-refractivity contribution in [2.45, 2.75) is 20.0 Å². The number of hydrogen-bond acceptors (Lipinski definition) is 3. The number of para-hydroxylation sites is 1. The van der Waals surface area contributed by atoms with Gasteiger partial charge in [0.05, 0.1) is 28.0 Å². The van der Waals surface area contributed by atoms with E-state index in [-0.39, 0.29) is 5.69 Å². The lowest BCUT2D eigenvalue weighted by molar-refractivity contribution is -0.137. The van der Waals surface area contributed by atoms with Crippen LogP contribution < -0.4 is 10.9 Å². The minimum atomic E-state index is -4.52. The van der Waals surface area contributed by atoms with Crippen LogP contribution in [0.15, 0.2) is 48.5 Å². The number of benzene rings is 2. The third-order valence-electron chi connectivity index (χ3n) is 3.95. The number of pyridine rings is 1. The number of amides is 1. The summed E-state index contributed by atoms with van der Waals surface area (Å²) in [7, 11) is 0. The van der Waals surface area contributed by atoms with E-state index in [1.165, 1.54) is 18.2 Å². The average molecular weight is 359 g/mol. The van der Waals surface area contributed by atoms with E-state index in [1.54, 1.807) is 13.0 Å². The van der Waals surface area contributed by atoms with Crippen molar-refractivity contribution in [3.05, 3.63) is 70.9 Å². The lowest BCUT2D eigenvalue weighted by atomic mass is 10.1. The third-order valence-corrected chi connectivity index (χ3v) is 3.95. The Morgan fingerprint density at radius 1 is 1.04 bits per heavy atom. The molecule has 2 N–H and O–H groups in total. The number of nitrogens with zero attached hydrogens (tertiary/aromatic N) is 1. The van der Waals surface area contributed by atoms with E-state index in [0.717, 1.165) is 22.5 Å². The van der Waals surface area contributed by atoms with Crippen molar-refractivity contribution in [2.75, 3.05) is 5.43 Å². The molecule has 1 heterocycles. The summed E-state index contributed by atoms with van der Waals surface area (Å²) in [6.07, 6.45) is -4.52. The quantitative estimate of drug-likeness (QED) is 0.671. The van der Waals surface area contributed by atoms with Crippen LogP contribution in [0.5, 0.6) is 0 Å². The number of rotatable bonds is 3. The largest absolute Gasteiger partial charge is 0.418 e. The van der Waals surface area contributed by atoms with E-state index < -0.39 is 17.6 Å². The molecule has 0 spiro atoms. The molecule has 7 heteroatoms. The second-order valence-corrected chi connectivity index (χ2v) is 5.94. The Bertz CT molecular complexity index is 983. The molecule has 0 aliphatic rings. The molecule has 0 unspecified atom stereocenters. The van der Waals surface area contributed by atoms with Crippen LogP contribution in [0, 0.1) is 13.8 Å². The number of aromatic nitrogens is 1. The number of alkyl halides is 3. The summed E-state index contributed by atoms with van der Waals surface area (Å²) in [6, 6.07) is 12.3. The first-order valence-corrected chi connectivity index (χ1v) is 7.86. The minimum Gasteiger partial charge on any atom is -0.298 e. The van der Waals surface area contributed by atoms with Crippen LogP contribution in [-0.4, -0.2) is 10.9 Å². The molecule has 0 saturated heterocycles. The number of carbonyl (C=O) groups is 1. The van der Waals surface area contributed by atoms with Crippen LogP contribution >= 0.6 is 0 Å². The summed E-state index contributed by atoms with van der Waals surface area (Å²) in [4.78, 5) is 16.8. The maximum Gasteiger partial charge on any atom is 0.418 e. The number of hydrazine groups is 1. The van der Waals surface area contributed by atoms with Gasteiger partial charge < -0.3 is 0 Å². The van der Waals surface area contributed by atoms with Crippen molar-refractivity contribution in [2.24, 2.45) is 0 Å². The van der Waals surface area contributed by atoms with Gasteiger partial charge >= 0.3 is 6.18 Å². The Balaban J connectivity index is 1.85. The van der Waals surface area contributed by atoms with E-state index in [2.05, 4.69) is 15.8 Å². The number of nitrogens with one attached hydrogen (secondary N) is 2. The van der Waals surface area contributed by atoms with Gasteiger partial charge in [-0.3, -0.25) is 20.6 Å². The number of fused-ring (bicyclic) bond motifs is 1. The molecule has 0 aliphatic carbocycles. The van der Waals surface area contributed by atoms with Gasteiger partial charge in [-0.25, -0.2) is 0 Å². The van der Waals surface area contributed by atoms with Gasteiger partial charge in [0.1, 0.15) is 0 Å². The van der Waals surface area contributed by atoms with Gasteiger partial charge in [0.2, 0.25) is 0 Å². The molecule has 0 atom stereocenters. The molecule has 1 aromatic heterocycles. The van der Waals surface area contributed by atoms with Crippen molar-refractivity contribution in [3.8, 4) is 0 Å². The first-order valence-electron chi connectivity index (χ1n) is 7.86. The molecule has 0 bridgehead atoms. The summed E-state index contributed by atoms with van der Waals surface area (Å²) < 4.78 is 39.0. The minimum absolute atomic E-state index is 0.226. The Labute approximate surface area is 148 Å². The van der Waals surface area contributed by atoms with Gasteiger partial charge in [0.25, 0.3) is 5.91 Å². The second kappa shape index (κ2) is 6.67. The van der Waals surface area contributed by atoms with E-state index in [0.29, 0.717) is 11.3 Å². The van der Waals surface area contributed by atoms with Gasteiger partial charge in [-0.2, -0.15) is 13.2 Å². The molecule has 0 radical (unpaired) electrons. The zero-order valence-electron chi connectivity index (χ0n) is 14.1. The predicted molar refractivity (Wildman–Crippen MR) is 93.7 cm³/mol. The number of anilines is 1. The number of carbonyl (C=O) groups excluding carboxylic acids is 1. The van der Waals surface area contributed by atoms with Gasteiger partial charge in [-0.15, -0.1) is 0 Å². The summed E-state index contributed by atoms with van der Waals surface area (Å²) >= 11 is 0. The molecule has 3 rings (SSSR count). The summed E-state index contributed by atoms with van der Waals surface area (Å²) in [5.74, 6) is -0.560. The van der Waals surface area contributed by atoms with E-state index >= 15 is 0 Å². The topological polar surface area (TPSA) is 54.0 Å². The smallest absolute Gasteiger partial charge is 0.298 e. The van der Waals surface area contributed by atoms with Crippen LogP contribution in [0.3, 0.4) is 0 Å². The number of aryl methyl sites for hydroxylation is 2. The lowest BCUT2D eigenvalue weighted by Crippen LogP contribution is -2.31. The highest BCUT2D eigenvalue weighted by atomic mass is 19.4. The first-order chi connectivity index (χ1) is 12.3. The lowest BCUT2D eigenvalue weighted by Gasteiger charge is -2.15. The predicted octanol–water partition coefficient (Wildman–Crippen LogP) is 4.63. The van der Waals surface area contributed by atoms with E-state index in [4.69, 9.17) is 0 Å². The highest BCUT2D eigenvalue weighted by Gasteiger charge is 2.33. The SMILES string of the molecule is Cc1ccc2nc(C)c(C(=O)NNc3ccccc3C(F)(F)F)cc2c1. The van der Waals surface area contributed by atoms with Crippen LogP contribution in [0.2, 0.25) is 0 Å². The van der Waals surface area contributed by atoms with Crippen molar-refractivity contribution >= 4 is 22.5 Å². The van der Waals surface area contributed by atoms with Crippen LogP contribution in [-0.2, 0) is 6.18 Å². The number of halogens is 3. The fourth-order valence-corrected chi connectivity index (χ4v) is 2.65. The maximum atomic E-state index is 13.0. The summed E-state index contributed by atoms with van der Waals surface area (Å²) in [6.45, 7) is 3.60. The van der Waals surface area contributed by atoms with Gasteiger partial charge in [0, 0.05) is 5.39 Å². The highest BCUT2D eigenvalue weighted by molar-refractivity contribution is 5.99. The average Bonchev–Trinajstić information content (AvgIpc) is 2.59. The normalized spacial score (nSPS) is 11.4. The van der Waals surface area contributed by atoms with Crippen LogP contribution in [0.1, 0.15) is 27.2 Å². The zero-order valence-corrected chi connectivity index (χ0v) is 14.1. The molecule has 3 aromatic rings. The maximum absolute atomic E-state index is 13.0. The fraction of sp³-hybridized carbons (Fsp3) is 0.158. The molecule has 0 saturated carbocycles. The van der Waals surface area contributed by atoms with Crippen molar-refractivity contribution in [1.82, 2.24) is 10.4 Å². The molecule has 26 heavy (non-hydrogen) atoms. The van der Waals surface area contributed by atoms with Crippen molar-refractivity contribution in [3.63, 3.8) is 0 Å². The molecule has 0 aliphatic heterocycles. The standard InChI is InChI=1S/C19H16F3N3O/c1-11-7-8-16-13(9-11)10-14(12(2)23-16)18(26)25-24-17-6-4-3-5-15(17)19(20,21)22/h3-10,24H,1-2H3,(H,25,26). The van der Waals surface area contributed by atoms with Gasteiger partial charge in [-0.1, -0.05) is 23.8 Å². The van der Waals surface area contributed by atoms with E-state index in [1.807, 2.05) is 25.1 Å². The molecule has 0 fully saturated rings. The van der Waals surface area contributed by atoms with Crippen LogP contribution in [0.25, 0.3) is 10.9 Å². The van der Waals surface area contributed by atoms with E-state index in [9.17, 15) is 18.0 Å². The molecule has 134 valence electrons. The Morgan fingerprint density at radius 3 is 2.50 bits per heavy atom. The number of hydrogen-bond donors (Lipinski definition) is 2. The summed E-state index contributed by atoms with van der Waals surface area (Å²) in [5, 5.41) is 0.788. The monoisotopic (exact) mass is 359 g/mol. The summed E-state index contributed by atoms with van der Waals surface area (Å²) in [5.41, 5.74) is 6.15. The molecular formula is C19H16F3N3O. The Kier molecular flexibility index (Phi) is 4.54. The second-order valence-electron chi connectivity index (χ2n) is 5.94. The molecule has 4 nitrogen and oxygen atoms in total. The fourth-order valence-electron chi connectivity index (χ4n) is 2.65. The first kappa shape index (κ1) is 17.7. The van der Waals surface area contributed by atoms with Gasteiger partial charge in [-0.05, 0) is 44.2 Å². The highest BCUT2D eigenvalue weighted by Crippen LogP contribution is 2.34. The van der Waals surface area contributed by atoms with Gasteiger partial charge in [0.15, 0.2) is 0 Å². The zero-order chi connectivity index (χ0) is 18.9. The molecule has 1 amide bonds. The van der Waals surface area contributed by atoms with Crippen molar-refractivity contribution in [1.29, 1.82) is 0 Å². The molecule has 2 aromatic carbocycles. The Morgan fingerprint density at radius 2 is 1.77 bits per heavy atom. The third kappa shape index (κ3) is 3.61. The van der Waals surface area contributed by atoms with Crippen LogP contribution in [0.4, 0.5) is 18.9 Å². The Hall–Kier alpha value is -3.09.